The molecule has 1 aromatic heterocycles. The van der Waals surface area contributed by atoms with Gasteiger partial charge in [-0.15, -0.1) is 12.4 Å². The summed E-state index contributed by atoms with van der Waals surface area (Å²) >= 11 is 0. The van der Waals surface area contributed by atoms with Crippen LogP contribution in [0.25, 0.3) is 0 Å². The summed E-state index contributed by atoms with van der Waals surface area (Å²) in [6.45, 7) is 6.63. The summed E-state index contributed by atoms with van der Waals surface area (Å²) in [6.07, 6.45) is 6.50. The molecule has 1 saturated carbocycles. The zero-order chi connectivity index (χ0) is 11.2. The number of hydrogen-bond acceptors (Lipinski definition) is 3. The molecule has 0 spiro atoms. The maximum Gasteiger partial charge on any atom is 0.0271 e. The first-order valence-corrected chi connectivity index (χ1v) is 6.24. The van der Waals surface area contributed by atoms with Gasteiger partial charge in [-0.25, -0.2) is 0 Å². The highest BCUT2D eigenvalue weighted by Gasteiger charge is 2.26. The third-order valence-corrected chi connectivity index (χ3v) is 3.12. The maximum absolute atomic E-state index is 4.01. The van der Waals surface area contributed by atoms with E-state index in [9.17, 15) is 0 Å². The van der Waals surface area contributed by atoms with Gasteiger partial charge in [0.2, 0.25) is 0 Å². The Morgan fingerprint density at radius 2 is 2.06 bits per heavy atom. The lowest BCUT2D eigenvalue weighted by atomic mass is 10.3. The number of aromatic nitrogens is 1. The SMILES string of the molecule is CCN(CCNCc1ccncc1)C1CC1.Cl. The third kappa shape index (κ3) is 5.02. The average Bonchev–Trinajstić information content (AvgIpc) is 3.15. The Morgan fingerprint density at radius 1 is 1.35 bits per heavy atom. The van der Waals surface area contributed by atoms with Crippen LogP contribution >= 0.6 is 12.4 Å². The highest BCUT2D eigenvalue weighted by molar-refractivity contribution is 5.85. The minimum atomic E-state index is 0. The van der Waals surface area contributed by atoms with E-state index in [2.05, 4.69) is 34.3 Å². The predicted octanol–water partition coefficient (Wildman–Crippen LogP) is 2.08. The number of hydrogen-bond donors (Lipinski definition) is 1. The molecule has 1 N–H and O–H groups in total. The molecule has 0 unspecified atom stereocenters. The molecule has 0 saturated heterocycles. The molecule has 0 atom stereocenters. The van der Waals surface area contributed by atoms with Crippen molar-refractivity contribution in [2.75, 3.05) is 19.6 Å². The quantitative estimate of drug-likeness (QED) is 0.757. The topological polar surface area (TPSA) is 28.2 Å². The van der Waals surface area contributed by atoms with Gasteiger partial charge in [0.05, 0.1) is 0 Å². The molecule has 17 heavy (non-hydrogen) atoms. The van der Waals surface area contributed by atoms with Crippen molar-refractivity contribution in [2.45, 2.75) is 32.4 Å². The fourth-order valence-electron chi connectivity index (χ4n) is 1.99. The van der Waals surface area contributed by atoms with Gasteiger partial charge in [0, 0.05) is 38.1 Å². The molecule has 96 valence electrons. The monoisotopic (exact) mass is 255 g/mol. The predicted molar refractivity (Wildman–Crippen MR) is 73.5 cm³/mol. The van der Waals surface area contributed by atoms with Gasteiger partial charge in [-0.05, 0) is 37.1 Å². The van der Waals surface area contributed by atoms with Gasteiger partial charge in [0.15, 0.2) is 0 Å². The molecule has 3 nitrogen and oxygen atoms in total. The van der Waals surface area contributed by atoms with E-state index in [1.807, 2.05) is 12.4 Å². The molecule has 0 bridgehead atoms. The first-order chi connectivity index (χ1) is 7.90. The lowest BCUT2D eigenvalue weighted by Gasteiger charge is -2.19. The van der Waals surface area contributed by atoms with Crippen LogP contribution in [0.2, 0.25) is 0 Å². The van der Waals surface area contributed by atoms with Crippen molar-refractivity contribution in [2.24, 2.45) is 0 Å². The first kappa shape index (κ1) is 14.4. The van der Waals surface area contributed by atoms with E-state index in [0.29, 0.717) is 0 Å². The van der Waals surface area contributed by atoms with Crippen molar-refractivity contribution in [3.05, 3.63) is 30.1 Å². The fraction of sp³-hybridized carbons (Fsp3) is 0.615. The van der Waals surface area contributed by atoms with E-state index in [0.717, 1.165) is 19.1 Å². The normalized spacial score (nSPS) is 14.7. The van der Waals surface area contributed by atoms with Gasteiger partial charge in [0.1, 0.15) is 0 Å². The minimum Gasteiger partial charge on any atom is -0.311 e. The van der Waals surface area contributed by atoms with Crippen LogP contribution in [0.15, 0.2) is 24.5 Å². The van der Waals surface area contributed by atoms with Crippen LogP contribution in [0.5, 0.6) is 0 Å². The summed E-state index contributed by atoms with van der Waals surface area (Å²) in [4.78, 5) is 6.58. The lowest BCUT2D eigenvalue weighted by Crippen LogP contribution is -2.33. The third-order valence-electron chi connectivity index (χ3n) is 3.12. The summed E-state index contributed by atoms with van der Waals surface area (Å²) in [7, 11) is 0. The largest absolute Gasteiger partial charge is 0.311 e. The van der Waals surface area contributed by atoms with Crippen molar-refractivity contribution in [3.63, 3.8) is 0 Å². The average molecular weight is 256 g/mol. The van der Waals surface area contributed by atoms with E-state index in [4.69, 9.17) is 0 Å². The van der Waals surface area contributed by atoms with Crippen LogP contribution in [0.1, 0.15) is 25.3 Å². The second kappa shape index (κ2) is 7.64. The summed E-state index contributed by atoms with van der Waals surface area (Å²) in [5.74, 6) is 0. The zero-order valence-corrected chi connectivity index (χ0v) is 11.2. The van der Waals surface area contributed by atoms with E-state index in [1.54, 1.807) is 0 Å². The second-order valence-electron chi connectivity index (χ2n) is 4.39. The van der Waals surface area contributed by atoms with Crippen LogP contribution < -0.4 is 5.32 Å². The van der Waals surface area contributed by atoms with E-state index in [1.165, 1.54) is 31.5 Å². The smallest absolute Gasteiger partial charge is 0.0271 e. The zero-order valence-electron chi connectivity index (χ0n) is 10.4. The van der Waals surface area contributed by atoms with Crippen LogP contribution in [0, 0.1) is 0 Å². The molecular weight excluding hydrogens is 234 g/mol. The first-order valence-electron chi connectivity index (χ1n) is 6.24. The molecule has 4 heteroatoms. The molecular formula is C13H22ClN3. The van der Waals surface area contributed by atoms with Gasteiger partial charge in [-0.3, -0.25) is 9.88 Å². The molecule has 1 fully saturated rings. The van der Waals surface area contributed by atoms with Gasteiger partial charge < -0.3 is 5.32 Å². The van der Waals surface area contributed by atoms with Crippen molar-refractivity contribution >= 4 is 12.4 Å². The highest BCUT2D eigenvalue weighted by Crippen LogP contribution is 2.25. The molecule has 2 rings (SSSR count). The molecule has 1 aliphatic rings. The van der Waals surface area contributed by atoms with Crippen LogP contribution in [-0.2, 0) is 6.54 Å². The molecule has 1 aromatic rings. The lowest BCUT2D eigenvalue weighted by molar-refractivity contribution is 0.277. The summed E-state index contributed by atoms with van der Waals surface area (Å²) in [5, 5.41) is 3.48. The number of pyridine rings is 1. The molecule has 0 aromatic carbocycles. The Hall–Kier alpha value is -0.640. The van der Waals surface area contributed by atoms with Crippen LogP contribution in [-0.4, -0.2) is 35.6 Å². The minimum absolute atomic E-state index is 0. The highest BCUT2D eigenvalue weighted by atomic mass is 35.5. The second-order valence-corrected chi connectivity index (χ2v) is 4.39. The van der Waals surface area contributed by atoms with Crippen LogP contribution in [0.4, 0.5) is 0 Å². The molecule has 0 aliphatic heterocycles. The summed E-state index contributed by atoms with van der Waals surface area (Å²) in [5.41, 5.74) is 1.31. The van der Waals surface area contributed by atoms with Crippen LogP contribution in [0.3, 0.4) is 0 Å². The van der Waals surface area contributed by atoms with E-state index < -0.39 is 0 Å². The number of rotatable bonds is 7. The Balaban J connectivity index is 0.00000144. The Bertz CT molecular complexity index is 301. The van der Waals surface area contributed by atoms with Gasteiger partial charge in [0.25, 0.3) is 0 Å². The molecule has 0 amide bonds. The summed E-state index contributed by atoms with van der Waals surface area (Å²) < 4.78 is 0. The fourth-order valence-corrected chi connectivity index (χ4v) is 1.99. The number of halogens is 1. The molecule has 0 radical (unpaired) electrons. The van der Waals surface area contributed by atoms with Gasteiger partial charge in [-0.1, -0.05) is 6.92 Å². The van der Waals surface area contributed by atoms with Gasteiger partial charge >= 0.3 is 0 Å². The Kier molecular flexibility index (Phi) is 6.48. The number of nitrogens with one attached hydrogen (secondary N) is 1. The van der Waals surface area contributed by atoms with Gasteiger partial charge in [-0.2, -0.15) is 0 Å². The van der Waals surface area contributed by atoms with Crippen molar-refractivity contribution < 1.29 is 0 Å². The van der Waals surface area contributed by atoms with Crippen molar-refractivity contribution in [1.82, 2.24) is 15.2 Å². The standard InChI is InChI=1S/C13H21N3.ClH/c1-2-16(13-3-4-13)10-9-15-11-12-5-7-14-8-6-12;/h5-8,13,15H,2-4,9-11H2,1H3;1H. The van der Waals surface area contributed by atoms with E-state index in [-0.39, 0.29) is 12.4 Å². The summed E-state index contributed by atoms with van der Waals surface area (Å²) in [6, 6.07) is 5.00. The Labute approximate surface area is 110 Å². The Morgan fingerprint density at radius 3 is 2.65 bits per heavy atom. The van der Waals surface area contributed by atoms with E-state index >= 15 is 0 Å². The van der Waals surface area contributed by atoms with Crippen molar-refractivity contribution in [1.29, 1.82) is 0 Å². The number of nitrogens with zero attached hydrogens (tertiary/aromatic N) is 2. The molecule has 1 aliphatic carbocycles. The van der Waals surface area contributed by atoms with Crippen molar-refractivity contribution in [3.8, 4) is 0 Å². The maximum atomic E-state index is 4.01. The molecule has 1 heterocycles. The number of likely N-dealkylation sites (N-methyl/N-ethyl adjacent to an activating group) is 1.